The summed E-state index contributed by atoms with van der Waals surface area (Å²) in [5.74, 6) is -0.147. The summed E-state index contributed by atoms with van der Waals surface area (Å²) in [6.45, 7) is 3.24. The van der Waals surface area contributed by atoms with Gasteiger partial charge in [0.25, 0.3) is 0 Å². The topological polar surface area (TPSA) is 36.4 Å². The number of nitrogens with one attached hydrogen (secondary N) is 2. The van der Waals surface area contributed by atoms with Crippen molar-refractivity contribution in [3.8, 4) is 0 Å². The Kier molecular flexibility index (Phi) is 10.8. The van der Waals surface area contributed by atoms with E-state index in [1.54, 1.807) is 7.05 Å². The lowest BCUT2D eigenvalue weighted by Crippen LogP contribution is -2.38. The van der Waals surface area contributed by atoms with Crippen molar-refractivity contribution in [3.05, 3.63) is 47.5 Å². The first-order valence-corrected chi connectivity index (χ1v) is 6.67. The van der Waals surface area contributed by atoms with E-state index in [9.17, 15) is 8.78 Å². The first-order valence-electron chi connectivity index (χ1n) is 6.67. The molecular weight excluding hydrogens is 387 g/mol. The number of nitrogens with zero attached hydrogens (tertiary/aromatic N) is 1. The molecule has 0 bridgehead atoms. The monoisotopic (exact) mass is 409 g/mol. The molecule has 1 aromatic rings. The Morgan fingerprint density at radius 2 is 1.95 bits per heavy atom. The molecule has 1 aromatic carbocycles. The van der Waals surface area contributed by atoms with Gasteiger partial charge < -0.3 is 10.6 Å². The quantitative estimate of drug-likeness (QED) is 0.249. The molecule has 0 saturated heterocycles. The van der Waals surface area contributed by atoms with E-state index in [1.807, 2.05) is 13.0 Å². The van der Waals surface area contributed by atoms with Gasteiger partial charge in [0, 0.05) is 20.1 Å². The molecule has 0 aromatic heterocycles. The standard InChI is InChI=1S/C15H21F2N3.HI/c1-3-4-5-9-19-15(18-2)20-10-8-12-11-13(16)6-7-14(12)17;/h3-4,6-7,11H,5,8-10H2,1-2H3,(H2,18,19,20);1H. The molecule has 0 radical (unpaired) electrons. The van der Waals surface area contributed by atoms with Crippen molar-refractivity contribution in [2.75, 3.05) is 20.1 Å². The minimum atomic E-state index is -0.421. The van der Waals surface area contributed by atoms with E-state index in [-0.39, 0.29) is 29.8 Å². The highest BCUT2D eigenvalue weighted by molar-refractivity contribution is 14.0. The van der Waals surface area contributed by atoms with Gasteiger partial charge in [-0.05, 0) is 43.5 Å². The van der Waals surface area contributed by atoms with Crippen LogP contribution in [0.2, 0.25) is 0 Å². The van der Waals surface area contributed by atoms with Gasteiger partial charge in [0.05, 0.1) is 0 Å². The molecule has 0 saturated carbocycles. The number of benzene rings is 1. The number of hydrogen-bond acceptors (Lipinski definition) is 1. The highest BCUT2D eigenvalue weighted by Crippen LogP contribution is 2.09. The van der Waals surface area contributed by atoms with Crippen LogP contribution in [0, 0.1) is 11.6 Å². The van der Waals surface area contributed by atoms with Crippen LogP contribution in [-0.2, 0) is 6.42 Å². The maximum absolute atomic E-state index is 13.4. The van der Waals surface area contributed by atoms with Gasteiger partial charge in [-0.2, -0.15) is 0 Å². The van der Waals surface area contributed by atoms with Crippen LogP contribution in [0.15, 0.2) is 35.3 Å². The van der Waals surface area contributed by atoms with E-state index in [0.29, 0.717) is 24.5 Å². The van der Waals surface area contributed by atoms with Crippen molar-refractivity contribution in [1.29, 1.82) is 0 Å². The fourth-order valence-corrected chi connectivity index (χ4v) is 1.71. The zero-order chi connectivity index (χ0) is 14.8. The van der Waals surface area contributed by atoms with E-state index >= 15 is 0 Å². The summed E-state index contributed by atoms with van der Waals surface area (Å²) < 4.78 is 26.4. The molecule has 0 aliphatic carbocycles. The zero-order valence-electron chi connectivity index (χ0n) is 12.3. The second-order valence-electron chi connectivity index (χ2n) is 4.27. The largest absolute Gasteiger partial charge is 0.356 e. The lowest BCUT2D eigenvalue weighted by molar-refractivity contribution is 0.583. The van der Waals surface area contributed by atoms with Crippen molar-refractivity contribution in [2.24, 2.45) is 4.99 Å². The highest BCUT2D eigenvalue weighted by atomic mass is 127. The fraction of sp³-hybridized carbons (Fsp3) is 0.400. The number of hydrogen-bond donors (Lipinski definition) is 2. The van der Waals surface area contributed by atoms with Gasteiger partial charge in [0.15, 0.2) is 5.96 Å². The van der Waals surface area contributed by atoms with E-state index in [0.717, 1.165) is 25.1 Å². The fourth-order valence-electron chi connectivity index (χ4n) is 1.71. The number of aliphatic imine (C=N–C) groups is 1. The molecule has 2 N–H and O–H groups in total. The third-order valence-electron chi connectivity index (χ3n) is 2.76. The summed E-state index contributed by atoms with van der Waals surface area (Å²) in [6, 6.07) is 3.49. The van der Waals surface area contributed by atoms with E-state index in [2.05, 4.69) is 21.7 Å². The Morgan fingerprint density at radius 1 is 1.24 bits per heavy atom. The first kappa shape index (κ1) is 19.8. The van der Waals surface area contributed by atoms with Crippen molar-refractivity contribution in [1.82, 2.24) is 10.6 Å². The van der Waals surface area contributed by atoms with Gasteiger partial charge in [0.1, 0.15) is 11.6 Å². The Hall–Kier alpha value is -1.18. The number of guanidine groups is 1. The second-order valence-corrected chi connectivity index (χ2v) is 4.27. The van der Waals surface area contributed by atoms with Gasteiger partial charge in [-0.1, -0.05) is 12.2 Å². The predicted octanol–water partition coefficient (Wildman–Crippen LogP) is 3.26. The van der Waals surface area contributed by atoms with Crippen LogP contribution in [0.4, 0.5) is 8.78 Å². The summed E-state index contributed by atoms with van der Waals surface area (Å²) >= 11 is 0. The summed E-state index contributed by atoms with van der Waals surface area (Å²) in [7, 11) is 1.67. The van der Waals surface area contributed by atoms with Crippen LogP contribution in [0.5, 0.6) is 0 Å². The van der Waals surface area contributed by atoms with Gasteiger partial charge in [-0.25, -0.2) is 8.78 Å². The molecule has 0 unspecified atom stereocenters. The maximum atomic E-state index is 13.4. The molecule has 0 atom stereocenters. The van der Waals surface area contributed by atoms with Crippen molar-refractivity contribution < 1.29 is 8.78 Å². The summed E-state index contributed by atoms with van der Waals surface area (Å²) in [5, 5.41) is 6.20. The molecule has 0 fully saturated rings. The molecule has 118 valence electrons. The molecule has 0 heterocycles. The molecule has 0 spiro atoms. The first-order chi connectivity index (χ1) is 9.67. The Balaban J connectivity index is 0.00000400. The maximum Gasteiger partial charge on any atom is 0.190 e. The third kappa shape index (κ3) is 7.99. The Bertz CT molecular complexity index is 476. The van der Waals surface area contributed by atoms with Gasteiger partial charge in [-0.15, -0.1) is 24.0 Å². The van der Waals surface area contributed by atoms with Gasteiger partial charge in [-0.3, -0.25) is 4.99 Å². The van der Waals surface area contributed by atoms with Crippen LogP contribution in [-0.4, -0.2) is 26.1 Å². The van der Waals surface area contributed by atoms with E-state index in [1.165, 1.54) is 6.07 Å². The van der Waals surface area contributed by atoms with Gasteiger partial charge in [0.2, 0.25) is 0 Å². The molecule has 6 heteroatoms. The summed E-state index contributed by atoms with van der Waals surface area (Å²) in [5.41, 5.74) is 0.363. The van der Waals surface area contributed by atoms with Crippen LogP contribution >= 0.6 is 24.0 Å². The van der Waals surface area contributed by atoms with Crippen molar-refractivity contribution in [3.63, 3.8) is 0 Å². The molecular formula is C15H22F2IN3. The lowest BCUT2D eigenvalue weighted by Gasteiger charge is -2.11. The molecule has 1 rings (SSSR count). The molecule has 0 aliphatic heterocycles. The smallest absolute Gasteiger partial charge is 0.190 e. The second kappa shape index (κ2) is 11.5. The molecule has 0 amide bonds. The Labute approximate surface area is 141 Å². The zero-order valence-corrected chi connectivity index (χ0v) is 14.7. The molecule has 3 nitrogen and oxygen atoms in total. The van der Waals surface area contributed by atoms with Crippen molar-refractivity contribution >= 4 is 29.9 Å². The highest BCUT2D eigenvalue weighted by Gasteiger charge is 2.04. The van der Waals surface area contributed by atoms with E-state index in [4.69, 9.17) is 0 Å². The van der Waals surface area contributed by atoms with Crippen LogP contribution in [0.25, 0.3) is 0 Å². The van der Waals surface area contributed by atoms with Gasteiger partial charge >= 0.3 is 0 Å². The minimum Gasteiger partial charge on any atom is -0.356 e. The average Bonchev–Trinajstić information content (AvgIpc) is 2.45. The van der Waals surface area contributed by atoms with Crippen molar-refractivity contribution in [2.45, 2.75) is 19.8 Å². The lowest BCUT2D eigenvalue weighted by atomic mass is 10.1. The van der Waals surface area contributed by atoms with Crippen LogP contribution in [0.3, 0.4) is 0 Å². The minimum absolute atomic E-state index is 0. The number of halogens is 3. The number of rotatable bonds is 6. The average molecular weight is 409 g/mol. The van der Waals surface area contributed by atoms with Crippen LogP contribution in [0.1, 0.15) is 18.9 Å². The van der Waals surface area contributed by atoms with Crippen LogP contribution < -0.4 is 10.6 Å². The molecule has 21 heavy (non-hydrogen) atoms. The SMILES string of the molecule is CC=CCCNC(=NC)NCCc1cc(F)ccc1F.I. The summed E-state index contributed by atoms with van der Waals surface area (Å²) in [6.07, 6.45) is 5.36. The molecule has 0 aliphatic rings. The Morgan fingerprint density at radius 3 is 2.62 bits per heavy atom. The number of allylic oxidation sites excluding steroid dienone is 1. The van der Waals surface area contributed by atoms with E-state index < -0.39 is 5.82 Å². The normalized spacial score (nSPS) is 11.3. The predicted molar refractivity (Wildman–Crippen MR) is 94.3 cm³/mol. The third-order valence-corrected chi connectivity index (χ3v) is 2.76. The summed E-state index contributed by atoms with van der Waals surface area (Å²) in [4.78, 5) is 4.06.